The van der Waals surface area contributed by atoms with E-state index in [9.17, 15) is 0 Å². The lowest BCUT2D eigenvalue weighted by Gasteiger charge is -2.27. The Morgan fingerprint density at radius 2 is 1.85 bits per heavy atom. The fourth-order valence-electron chi connectivity index (χ4n) is 2.32. The first-order valence-corrected chi connectivity index (χ1v) is 7.80. The van der Waals surface area contributed by atoms with E-state index < -0.39 is 0 Å². The number of rotatable bonds is 6. The highest BCUT2D eigenvalue weighted by Gasteiger charge is 2.31. The smallest absolute Gasteiger partial charge is 0.137 e. The Morgan fingerprint density at radius 3 is 2.35 bits per heavy atom. The van der Waals surface area contributed by atoms with E-state index in [-0.39, 0.29) is 0 Å². The standard InChI is InChI=1S/C16H28N4/c1-10(2)8-9-20(13-6-7-13)16-12(5)14(17)18-15(19-16)11(3)4/h10-11,13H,6-9H2,1-5H3,(H2,17,18,19). The van der Waals surface area contributed by atoms with E-state index in [2.05, 4.69) is 37.6 Å². The molecule has 0 amide bonds. The van der Waals surface area contributed by atoms with E-state index in [1.54, 1.807) is 0 Å². The lowest BCUT2D eigenvalue weighted by molar-refractivity contribution is 0.566. The van der Waals surface area contributed by atoms with Crippen molar-refractivity contribution in [1.29, 1.82) is 0 Å². The largest absolute Gasteiger partial charge is 0.383 e. The Labute approximate surface area is 122 Å². The van der Waals surface area contributed by atoms with Crippen molar-refractivity contribution in [3.8, 4) is 0 Å². The monoisotopic (exact) mass is 276 g/mol. The molecule has 2 rings (SSSR count). The van der Waals surface area contributed by atoms with Crippen LogP contribution in [0.15, 0.2) is 0 Å². The van der Waals surface area contributed by atoms with Gasteiger partial charge in [0.15, 0.2) is 0 Å². The van der Waals surface area contributed by atoms with Crippen molar-refractivity contribution in [3.63, 3.8) is 0 Å². The van der Waals surface area contributed by atoms with Crippen LogP contribution in [-0.2, 0) is 0 Å². The van der Waals surface area contributed by atoms with Crippen molar-refractivity contribution in [2.45, 2.75) is 65.8 Å². The highest BCUT2D eigenvalue weighted by atomic mass is 15.2. The number of nitrogens with two attached hydrogens (primary N) is 1. The normalized spacial score (nSPS) is 15.2. The molecule has 1 heterocycles. The maximum absolute atomic E-state index is 6.10. The summed E-state index contributed by atoms with van der Waals surface area (Å²) in [7, 11) is 0. The third-order valence-electron chi connectivity index (χ3n) is 3.90. The van der Waals surface area contributed by atoms with Gasteiger partial charge >= 0.3 is 0 Å². The summed E-state index contributed by atoms with van der Waals surface area (Å²) in [5.74, 6) is 3.57. The number of aromatic nitrogens is 2. The molecular formula is C16H28N4. The molecule has 0 saturated heterocycles. The topological polar surface area (TPSA) is 55.0 Å². The fraction of sp³-hybridized carbons (Fsp3) is 0.750. The summed E-state index contributed by atoms with van der Waals surface area (Å²) < 4.78 is 0. The predicted octanol–water partition coefficient (Wildman–Crippen LogP) is 3.51. The maximum Gasteiger partial charge on any atom is 0.137 e. The molecule has 0 unspecified atom stereocenters. The Hall–Kier alpha value is -1.32. The molecule has 1 aromatic heterocycles. The molecule has 0 aromatic carbocycles. The SMILES string of the molecule is Cc1c(N)nc(C(C)C)nc1N(CCC(C)C)C1CC1. The molecule has 0 aliphatic heterocycles. The second-order valence-corrected chi connectivity index (χ2v) is 6.68. The first-order valence-electron chi connectivity index (χ1n) is 7.80. The average molecular weight is 276 g/mol. The second kappa shape index (κ2) is 5.98. The summed E-state index contributed by atoms with van der Waals surface area (Å²) in [4.78, 5) is 11.7. The van der Waals surface area contributed by atoms with E-state index in [4.69, 9.17) is 10.7 Å². The van der Waals surface area contributed by atoms with Crippen LogP contribution in [0.2, 0.25) is 0 Å². The molecule has 0 radical (unpaired) electrons. The summed E-state index contributed by atoms with van der Waals surface area (Å²) in [6, 6.07) is 0.654. The zero-order valence-corrected chi connectivity index (χ0v) is 13.5. The van der Waals surface area contributed by atoms with Gasteiger partial charge < -0.3 is 10.6 Å². The summed E-state index contributed by atoms with van der Waals surface area (Å²) in [6.45, 7) is 11.9. The zero-order valence-electron chi connectivity index (χ0n) is 13.5. The molecule has 1 aromatic rings. The molecule has 0 bridgehead atoms. The molecule has 112 valence electrons. The Balaban J connectivity index is 2.31. The number of nitrogens with zero attached hydrogens (tertiary/aromatic N) is 3. The van der Waals surface area contributed by atoms with Crippen molar-refractivity contribution in [2.24, 2.45) is 5.92 Å². The molecule has 2 N–H and O–H groups in total. The van der Waals surface area contributed by atoms with E-state index >= 15 is 0 Å². The Morgan fingerprint density at radius 1 is 1.20 bits per heavy atom. The zero-order chi connectivity index (χ0) is 14.9. The van der Waals surface area contributed by atoms with E-state index in [0.717, 1.165) is 23.8 Å². The van der Waals surface area contributed by atoms with Gasteiger partial charge in [0, 0.05) is 24.1 Å². The molecule has 1 saturated carbocycles. The Kier molecular flexibility index (Phi) is 4.51. The molecule has 1 aliphatic carbocycles. The molecule has 0 spiro atoms. The van der Waals surface area contributed by atoms with Crippen molar-refractivity contribution in [2.75, 3.05) is 17.2 Å². The van der Waals surface area contributed by atoms with Crippen molar-refractivity contribution in [1.82, 2.24) is 9.97 Å². The highest BCUT2D eigenvalue weighted by Crippen LogP contribution is 2.34. The third-order valence-corrected chi connectivity index (χ3v) is 3.90. The third kappa shape index (κ3) is 3.41. The molecule has 1 fully saturated rings. The van der Waals surface area contributed by atoms with Crippen molar-refractivity contribution < 1.29 is 0 Å². The van der Waals surface area contributed by atoms with Crippen LogP contribution >= 0.6 is 0 Å². The van der Waals surface area contributed by atoms with Crippen LogP contribution in [0.3, 0.4) is 0 Å². The summed E-state index contributed by atoms with van der Waals surface area (Å²) in [6.07, 6.45) is 3.74. The van der Waals surface area contributed by atoms with Gasteiger partial charge in [-0.05, 0) is 32.1 Å². The highest BCUT2D eigenvalue weighted by molar-refractivity contribution is 5.57. The molecule has 4 heteroatoms. The van der Waals surface area contributed by atoms with Crippen molar-refractivity contribution in [3.05, 3.63) is 11.4 Å². The number of hydrogen-bond donors (Lipinski definition) is 1. The van der Waals surface area contributed by atoms with Gasteiger partial charge in [-0.2, -0.15) is 0 Å². The first-order chi connectivity index (χ1) is 9.40. The Bertz CT molecular complexity index is 464. The van der Waals surface area contributed by atoms with Gasteiger partial charge in [0.2, 0.25) is 0 Å². The molecule has 4 nitrogen and oxygen atoms in total. The van der Waals surface area contributed by atoms with Gasteiger partial charge in [-0.15, -0.1) is 0 Å². The van der Waals surface area contributed by atoms with Gasteiger partial charge in [0.1, 0.15) is 17.5 Å². The van der Waals surface area contributed by atoms with Crippen LogP contribution in [-0.4, -0.2) is 22.6 Å². The molecule has 20 heavy (non-hydrogen) atoms. The summed E-state index contributed by atoms with van der Waals surface area (Å²) in [5, 5.41) is 0. The van der Waals surface area contributed by atoms with Crippen molar-refractivity contribution >= 4 is 11.6 Å². The van der Waals surface area contributed by atoms with Gasteiger partial charge in [-0.3, -0.25) is 0 Å². The minimum Gasteiger partial charge on any atom is -0.383 e. The van der Waals surface area contributed by atoms with E-state index in [1.165, 1.54) is 19.3 Å². The number of anilines is 2. The van der Waals surface area contributed by atoms with Crippen LogP contribution in [0.5, 0.6) is 0 Å². The molecule has 1 aliphatic rings. The predicted molar refractivity (Wildman–Crippen MR) is 85.1 cm³/mol. The first kappa shape index (κ1) is 15.1. The van der Waals surface area contributed by atoms with E-state index in [0.29, 0.717) is 23.7 Å². The second-order valence-electron chi connectivity index (χ2n) is 6.68. The van der Waals surface area contributed by atoms with Crippen LogP contribution in [0.4, 0.5) is 11.6 Å². The van der Waals surface area contributed by atoms with Crippen LogP contribution in [0.25, 0.3) is 0 Å². The summed E-state index contributed by atoms with van der Waals surface area (Å²) in [5.41, 5.74) is 7.13. The van der Waals surface area contributed by atoms with Gasteiger partial charge in [-0.25, -0.2) is 9.97 Å². The van der Waals surface area contributed by atoms with E-state index in [1.807, 2.05) is 6.92 Å². The van der Waals surface area contributed by atoms with Crippen LogP contribution in [0.1, 0.15) is 64.3 Å². The van der Waals surface area contributed by atoms with Crippen LogP contribution in [0, 0.1) is 12.8 Å². The minimum absolute atomic E-state index is 0.308. The number of nitrogen functional groups attached to an aromatic ring is 1. The number of hydrogen-bond acceptors (Lipinski definition) is 4. The minimum atomic E-state index is 0.308. The van der Waals surface area contributed by atoms with Gasteiger partial charge in [0.25, 0.3) is 0 Å². The maximum atomic E-state index is 6.10. The quantitative estimate of drug-likeness (QED) is 0.864. The summed E-state index contributed by atoms with van der Waals surface area (Å²) >= 11 is 0. The lowest BCUT2D eigenvalue weighted by atomic mass is 10.1. The average Bonchev–Trinajstić information content (AvgIpc) is 3.18. The molecule has 0 atom stereocenters. The fourth-order valence-corrected chi connectivity index (χ4v) is 2.32. The van der Waals surface area contributed by atoms with Gasteiger partial charge in [0.05, 0.1) is 0 Å². The van der Waals surface area contributed by atoms with Gasteiger partial charge in [-0.1, -0.05) is 27.7 Å². The lowest BCUT2D eigenvalue weighted by Crippen LogP contribution is -2.30. The van der Waals surface area contributed by atoms with Crippen LogP contribution < -0.4 is 10.6 Å². The molecular weight excluding hydrogens is 248 g/mol.